The minimum absolute atomic E-state index is 0.0123. The molecule has 32 heavy (non-hydrogen) atoms. The Hall–Kier alpha value is -3.21. The summed E-state index contributed by atoms with van der Waals surface area (Å²) in [7, 11) is 3.96. The molecule has 0 spiro atoms. The molecule has 3 atom stereocenters. The van der Waals surface area contributed by atoms with Crippen molar-refractivity contribution in [3.05, 3.63) is 65.5 Å². The molecule has 4 rings (SSSR count). The zero-order valence-electron chi connectivity index (χ0n) is 18.4. The van der Waals surface area contributed by atoms with Gasteiger partial charge in [-0.05, 0) is 43.4 Å². The normalized spacial score (nSPS) is 22.1. The Labute approximate surface area is 188 Å². The Morgan fingerprint density at radius 3 is 2.69 bits per heavy atom. The molecule has 0 bridgehead atoms. The van der Waals surface area contributed by atoms with Crippen molar-refractivity contribution in [2.45, 2.75) is 24.4 Å². The van der Waals surface area contributed by atoms with Gasteiger partial charge >= 0.3 is 0 Å². The number of amides is 2. The number of pyridine rings is 1. The molecule has 7 heteroatoms. The second-order valence-corrected chi connectivity index (χ2v) is 8.62. The van der Waals surface area contributed by atoms with Gasteiger partial charge in [-0.15, -0.1) is 0 Å². The van der Waals surface area contributed by atoms with Crippen LogP contribution in [0.1, 0.15) is 22.6 Å². The van der Waals surface area contributed by atoms with Crippen molar-refractivity contribution in [1.29, 1.82) is 0 Å². The van der Waals surface area contributed by atoms with Gasteiger partial charge in [0.05, 0.1) is 38.2 Å². The second-order valence-electron chi connectivity index (χ2n) is 8.62. The fraction of sp³-hybridized carbons (Fsp3) is 0.400. The first-order valence-corrected chi connectivity index (χ1v) is 10.8. The Kier molecular flexibility index (Phi) is 6.54. The van der Waals surface area contributed by atoms with Gasteiger partial charge in [0.1, 0.15) is 0 Å². The van der Waals surface area contributed by atoms with E-state index in [0.717, 1.165) is 16.7 Å². The number of fused-ring (bicyclic) bond motifs is 1. The summed E-state index contributed by atoms with van der Waals surface area (Å²) in [6, 6.07) is 11.3. The molecule has 0 unspecified atom stereocenters. The third kappa shape index (κ3) is 4.52. The molecule has 1 aromatic heterocycles. The zero-order chi connectivity index (χ0) is 22.7. The van der Waals surface area contributed by atoms with Crippen molar-refractivity contribution in [2.75, 3.05) is 40.3 Å². The standard InChI is InChI=1S/C25H28N4O3/c1-27(2)12-4-6-18-7-9-20(10-8-18)25-21-15-28(16-24(32)29(21)22(25)17-30)23(31)13-19-5-3-11-26-14-19/h3,5,7-11,14,21-22,25,30H,12-13,15-17H2,1-2H3/t21-,22+,25-/m1/s1. The van der Waals surface area contributed by atoms with Gasteiger partial charge in [-0.1, -0.05) is 30.0 Å². The number of aliphatic hydroxyl groups is 1. The summed E-state index contributed by atoms with van der Waals surface area (Å²) in [6.07, 6.45) is 3.57. The van der Waals surface area contributed by atoms with Crippen LogP contribution in [0.25, 0.3) is 0 Å². The highest BCUT2D eigenvalue weighted by molar-refractivity contribution is 5.88. The summed E-state index contributed by atoms with van der Waals surface area (Å²) < 4.78 is 0. The smallest absolute Gasteiger partial charge is 0.242 e. The van der Waals surface area contributed by atoms with Gasteiger partial charge in [0.15, 0.2) is 0 Å². The van der Waals surface area contributed by atoms with E-state index >= 15 is 0 Å². The van der Waals surface area contributed by atoms with E-state index in [1.54, 1.807) is 28.3 Å². The molecule has 0 saturated carbocycles. The lowest BCUT2D eigenvalue weighted by Crippen LogP contribution is -2.73. The average molecular weight is 433 g/mol. The highest BCUT2D eigenvalue weighted by atomic mass is 16.3. The average Bonchev–Trinajstić information content (AvgIpc) is 2.76. The van der Waals surface area contributed by atoms with E-state index in [-0.39, 0.29) is 49.4 Å². The molecule has 0 radical (unpaired) electrons. The number of rotatable bonds is 5. The number of aromatic nitrogens is 1. The number of hydrogen-bond acceptors (Lipinski definition) is 5. The monoisotopic (exact) mass is 432 g/mol. The van der Waals surface area contributed by atoms with Gasteiger partial charge in [0.2, 0.25) is 11.8 Å². The van der Waals surface area contributed by atoms with Crippen LogP contribution in [0, 0.1) is 11.8 Å². The Morgan fingerprint density at radius 2 is 2.03 bits per heavy atom. The first-order chi connectivity index (χ1) is 15.5. The molecule has 2 aliphatic heterocycles. The van der Waals surface area contributed by atoms with Crippen LogP contribution in [0.4, 0.5) is 0 Å². The minimum Gasteiger partial charge on any atom is -0.394 e. The quantitative estimate of drug-likeness (QED) is 0.705. The lowest BCUT2D eigenvalue weighted by molar-refractivity contribution is -0.166. The van der Waals surface area contributed by atoms with E-state index in [0.29, 0.717) is 13.1 Å². The largest absolute Gasteiger partial charge is 0.394 e. The summed E-state index contributed by atoms with van der Waals surface area (Å²) in [6.45, 7) is 1.12. The zero-order valence-corrected chi connectivity index (χ0v) is 18.4. The van der Waals surface area contributed by atoms with Crippen LogP contribution in [0.5, 0.6) is 0 Å². The van der Waals surface area contributed by atoms with E-state index < -0.39 is 0 Å². The SMILES string of the molecule is CN(C)CC#Cc1ccc([C@@H]2[C@H]3CN(C(=O)Cc4cccnc4)CC(=O)N3[C@H]2CO)cc1. The van der Waals surface area contributed by atoms with Crippen LogP contribution in [-0.4, -0.2) is 89.0 Å². The number of benzene rings is 1. The van der Waals surface area contributed by atoms with Gasteiger partial charge < -0.3 is 14.9 Å². The number of carbonyl (C=O) groups is 2. The fourth-order valence-electron chi connectivity index (χ4n) is 4.57. The van der Waals surface area contributed by atoms with Gasteiger partial charge in [-0.25, -0.2) is 0 Å². The molecular weight excluding hydrogens is 404 g/mol. The van der Waals surface area contributed by atoms with Crippen LogP contribution in [0.3, 0.4) is 0 Å². The molecule has 1 aromatic carbocycles. The molecule has 3 heterocycles. The van der Waals surface area contributed by atoms with Gasteiger partial charge in [-0.3, -0.25) is 19.5 Å². The maximum atomic E-state index is 12.8. The van der Waals surface area contributed by atoms with Crippen LogP contribution in [-0.2, 0) is 16.0 Å². The predicted molar refractivity (Wildman–Crippen MR) is 121 cm³/mol. The molecule has 2 aromatic rings. The number of carbonyl (C=O) groups excluding carboxylic acids is 2. The highest BCUT2D eigenvalue weighted by Crippen LogP contribution is 2.42. The van der Waals surface area contributed by atoms with Crippen LogP contribution >= 0.6 is 0 Å². The van der Waals surface area contributed by atoms with Crippen molar-refractivity contribution in [1.82, 2.24) is 19.7 Å². The third-order valence-electron chi connectivity index (χ3n) is 6.11. The highest BCUT2D eigenvalue weighted by Gasteiger charge is 2.54. The number of nitrogens with zero attached hydrogens (tertiary/aromatic N) is 4. The summed E-state index contributed by atoms with van der Waals surface area (Å²) >= 11 is 0. The van der Waals surface area contributed by atoms with E-state index in [1.807, 2.05) is 49.3 Å². The van der Waals surface area contributed by atoms with Gasteiger partial charge in [-0.2, -0.15) is 0 Å². The molecule has 7 nitrogen and oxygen atoms in total. The lowest BCUT2D eigenvalue weighted by Gasteiger charge is -2.58. The lowest BCUT2D eigenvalue weighted by atomic mass is 9.73. The van der Waals surface area contributed by atoms with Crippen molar-refractivity contribution in [3.8, 4) is 11.8 Å². The molecule has 166 valence electrons. The summed E-state index contributed by atoms with van der Waals surface area (Å²) in [5.74, 6) is 6.07. The Morgan fingerprint density at radius 1 is 1.25 bits per heavy atom. The number of aliphatic hydroxyl groups excluding tert-OH is 1. The van der Waals surface area contributed by atoms with Crippen molar-refractivity contribution < 1.29 is 14.7 Å². The number of hydrogen-bond donors (Lipinski definition) is 1. The van der Waals surface area contributed by atoms with Crippen molar-refractivity contribution in [3.63, 3.8) is 0 Å². The Bertz CT molecular complexity index is 1030. The molecule has 2 fully saturated rings. The predicted octanol–water partition coefficient (Wildman–Crippen LogP) is 0.735. The van der Waals surface area contributed by atoms with E-state index in [9.17, 15) is 14.7 Å². The summed E-state index contributed by atoms with van der Waals surface area (Å²) in [5.41, 5.74) is 2.81. The van der Waals surface area contributed by atoms with E-state index in [4.69, 9.17) is 0 Å². The van der Waals surface area contributed by atoms with Crippen LogP contribution in [0.15, 0.2) is 48.8 Å². The molecule has 0 aliphatic carbocycles. The van der Waals surface area contributed by atoms with Gasteiger partial charge in [0.25, 0.3) is 0 Å². The van der Waals surface area contributed by atoms with Crippen LogP contribution < -0.4 is 0 Å². The maximum absolute atomic E-state index is 12.8. The first kappa shape index (κ1) is 22.0. The first-order valence-electron chi connectivity index (χ1n) is 10.8. The minimum atomic E-state index is -0.256. The van der Waals surface area contributed by atoms with Crippen molar-refractivity contribution in [2.24, 2.45) is 0 Å². The molecule has 1 N–H and O–H groups in total. The molecular formula is C25H28N4O3. The topological polar surface area (TPSA) is 77.0 Å². The summed E-state index contributed by atoms with van der Waals surface area (Å²) in [4.78, 5) is 35.1. The van der Waals surface area contributed by atoms with E-state index in [1.165, 1.54) is 0 Å². The Balaban J connectivity index is 1.48. The second kappa shape index (κ2) is 9.51. The van der Waals surface area contributed by atoms with E-state index in [2.05, 4.69) is 16.8 Å². The van der Waals surface area contributed by atoms with Crippen molar-refractivity contribution >= 4 is 11.8 Å². The molecule has 2 saturated heterocycles. The van der Waals surface area contributed by atoms with Crippen LogP contribution in [0.2, 0.25) is 0 Å². The molecule has 2 aliphatic rings. The molecule has 2 amide bonds. The van der Waals surface area contributed by atoms with Gasteiger partial charge in [0, 0.05) is 30.4 Å². The fourth-order valence-corrected chi connectivity index (χ4v) is 4.57. The third-order valence-corrected chi connectivity index (χ3v) is 6.11. The maximum Gasteiger partial charge on any atom is 0.242 e. The number of piperazine rings is 1. The summed E-state index contributed by atoms with van der Waals surface area (Å²) in [5, 5.41) is 9.96.